The molecule has 0 saturated heterocycles. The van der Waals surface area contributed by atoms with E-state index in [0.29, 0.717) is 33.8 Å². The first-order valence-electron chi connectivity index (χ1n) is 8.98. The maximum atomic E-state index is 13.1. The molecule has 0 fully saturated rings. The Balaban J connectivity index is 1.50. The zero-order chi connectivity index (χ0) is 22.0. The maximum Gasteiger partial charge on any atom is 0.288 e. The Morgan fingerprint density at radius 1 is 1.13 bits per heavy atom. The fraction of sp³-hybridized carbons (Fsp3) is 0. The lowest BCUT2D eigenvalue weighted by Gasteiger charge is -2.01. The number of fused-ring (bicyclic) bond motifs is 1. The van der Waals surface area contributed by atoms with Crippen molar-refractivity contribution in [3.05, 3.63) is 93.3 Å². The number of benzene rings is 3. The molecule has 0 atom stereocenters. The van der Waals surface area contributed by atoms with Gasteiger partial charge >= 0.3 is 0 Å². The summed E-state index contributed by atoms with van der Waals surface area (Å²) < 4.78 is 18.8. The quantitative estimate of drug-likeness (QED) is 0.240. The topological polar surface area (TPSA) is 98.3 Å². The van der Waals surface area contributed by atoms with Crippen molar-refractivity contribution in [3.63, 3.8) is 0 Å². The van der Waals surface area contributed by atoms with Gasteiger partial charge in [0.05, 0.1) is 4.92 Å². The number of nitro benzene ring substituents is 1. The molecule has 3 aromatic carbocycles. The summed E-state index contributed by atoms with van der Waals surface area (Å²) in [5.41, 5.74) is 2.38. The SMILES string of the molecule is O=C(C=Cc1ccc(Cl)c([N+](=O)[O-])c1)Nc1ccc2oc(-c3ccc(F)cc3)nc2c1. The summed E-state index contributed by atoms with van der Waals surface area (Å²) in [5.74, 6) is -0.451. The van der Waals surface area contributed by atoms with Crippen LogP contribution in [-0.4, -0.2) is 15.8 Å². The monoisotopic (exact) mass is 437 g/mol. The zero-order valence-electron chi connectivity index (χ0n) is 15.7. The second kappa shape index (κ2) is 8.37. The smallest absolute Gasteiger partial charge is 0.288 e. The van der Waals surface area contributed by atoms with Crippen molar-refractivity contribution in [1.29, 1.82) is 0 Å². The van der Waals surface area contributed by atoms with Crippen LogP contribution in [0.4, 0.5) is 15.8 Å². The minimum Gasteiger partial charge on any atom is -0.436 e. The Kier molecular flexibility index (Phi) is 5.46. The summed E-state index contributed by atoms with van der Waals surface area (Å²) in [7, 11) is 0. The van der Waals surface area contributed by atoms with Gasteiger partial charge in [-0.3, -0.25) is 14.9 Å². The van der Waals surface area contributed by atoms with E-state index in [1.165, 1.54) is 36.4 Å². The van der Waals surface area contributed by atoms with Gasteiger partial charge in [0.2, 0.25) is 11.8 Å². The Morgan fingerprint density at radius 2 is 1.90 bits per heavy atom. The predicted molar refractivity (Wildman–Crippen MR) is 115 cm³/mol. The molecule has 0 aliphatic heterocycles. The average Bonchev–Trinajstić information content (AvgIpc) is 3.17. The number of hydrogen-bond donors (Lipinski definition) is 1. The van der Waals surface area contributed by atoms with Gasteiger partial charge < -0.3 is 9.73 Å². The van der Waals surface area contributed by atoms with E-state index in [9.17, 15) is 19.3 Å². The minimum atomic E-state index is -0.590. The molecule has 1 heterocycles. The van der Waals surface area contributed by atoms with Gasteiger partial charge in [-0.15, -0.1) is 0 Å². The molecule has 0 bridgehead atoms. The van der Waals surface area contributed by atoms with Crippen LogP contribution in [0.2, 0.25) is 5.02 Å². The lowest BCUT2D eigenvalue weighted by molar-refractivity contribution is -0.384. The van der Waals surface area contributed by atoms with Crippen molar-refractivity contribution in [2.24, 2.45) is 0 Å². The first-order valence-corrected chi connectivity index (χ1v) is 9.36. The van der Waals surface area contributed by atoms with Crippen LogP contribution in [0.1, 0.15) is 5.56 Å². The van der Waals surface area contributed by atoms with E-state index >= 15 is 0 Å². The summed E-state index contributed by atoms with van der Waals surface area (Å²) in [4.78, 5) is 27.0. The van der Waals surface area contributed by atoms with Gasteiger partial charge in [0, 0.05) is 23.4 Å². The largest absolute Gasteiger partial charge is 0.436 e. The van der Waals surface area contributed by atoms with Crippen LogP contribution >= 0.6 is 11.6 Å². The molecule has 4 aromatic rings. The Hall–Kier alpha value is -4.04. The van der Waals surface area contributed by atoms with Crippen LogP contribution in [0.5, 0.6) is 0 Å². The van der Waals surface area contributed by atoms with Crippen LogP contribution in [0, 0.1) is 15.9 Å². The lowest BCUT2D eigenvalue weighted by atomic mass is 10.2. The van der Waals surface area contributed by atoms with E-state index < -0.39 is 10.8 Å². The predicted octanol–water partition coefficient (Wildman–Crippen LogP) is 5.85. The maximum absolute atomic E-state index is 13.1. The minimum absolute atomic E-state index is 0.0209. The highest BCUT2D eigenvalue weighted by Gasteiger charge is 2.12. The lowest BCUT2D eigenvalue weighted by Crippen LogP contribution is -2.07. The highest BCUT2D eigenvalue weighted by Crippen LogP contribution is 2.27. The molecule has 7 nitrogen and oxygen atoms in total. The zero-order valence-corrected chi connectivity index (χ0v) is 16.5. The number of nitrogens with zero attached hydrogens (tertiary/aromatic N) is 2. The second-order valence-electron chi connectivity index (χ2n) is 6.50. The summed E-state index contributed by atoms with van der Waals surface area (Å²) in [6.45, 7) is 0. The normalized spacial score (nSPS) is 11.2. The van der Waals surface area contributed by atoms with Gasteiger partial charge in [-0.1, -0.05) is 17.7 Å². The highest BCUT2D eigenvalue weighted by atomic mass is 35.5. The van der Waals surface area contributed by atoms with Crippen LogP contribution < -0.4 is 5.32 Å². The molecular formula is C22H13ClFN3O4. The molecule has 0 aliphatic rings. The molecule has 9 heteroatoms. The summed E-state index contributed by atoms with van der Waals surface area (Å²) in [5, 5.41) is 13.7. The Morgan fingerprint density at radius 3 is 2.65 bits per heavy atom. The van der Waals surface area contributed by atoms with Crippen LogP contribution in [0.25, 0.3) is 28.6 Å². The third-order valence-electron chi connectivity index (χ3n) is 4.34. The number of nitrogens with one attached hydrogen (secondary N) is 1. The number of anilines is 1. The number of carbonyl (C=O) groups excluding carboxylic acids is 1. The summed E-state index contributed by atoms with van der Waals surface area (Å²) in [6, 6.07) is 15.0. The van der Waals surface area contributed by atoms with Gasteiger partial charge in [0.25, 0.3) is 5.69 Å². The second-order valence-corrected chi connectivity index (χ2v) is 6.91. The molecule has 0 saturated carbocycles. The van der Waals surface area contributed by atoms with Gasteiger partial charge in [-0.2, -0.15) is 0 Å². The Bertz CT molecular complexity index is 1330. The fourth-order valence-electron chi connectivity index (χ4n) is 2.85. The van der Waals surface area contributed by atoms with Gasteiger partial charge in [0.15, 0.2) is 5.58 Å². The fourth-order valence-corrected chi connectivity index (χ4v) is 3.04. The molecule has 0 radical (unpaired) electrons. The first kappa shape index (κ1) is 20.2. The molecular weight excluding hydrogens is 425 g/mol. The standard InChI is InChI=1S/C22H13ClFN3O4/c23-17-8-1-13(11-19(17)27(29)30)2-10-21(28)25-16-7-9-20-18(12-16)26-22(31-20)14-3-5-15(24)6-4-14/h1-12H,(H,25,28). The number of amides is 1. The molecule has 4 rings (SSSR count). The third-order valence-corrected chi connectivity index (χ3v) is 4.66. The van der Waals surface area contributed by atoms with Gasteiger partial charge in [-0.25, -0.2) is 9.37 Å². The van der Waals surface area contributed by atoms with Crippen molar-refractivity contribution in [2.45, 2.75) is 0 Å². The number of hydrogen-bond acceptors (Lipinski definition) is 5. The van der Waals surface area contributed by atoms with E-state index in [1.54, 1.807) is 36.4 Å². The number of nitro groups is 1. The molecule has 0 unspecified atom stereocenters. The average molecular weight is 438 g/mol. The van der Waals surface area contributed by atoms with E-state index in [2.05, 4.69) is 10.3 Å². The van der Waals surface area contributed by atoms with E-state index in [4.69, 9.17) is 16.0 Å². The summed E-state index contributed by atoms with van der Waals surface area (Å²) in [6.07, 6.45) is 2.70. The van der Waals surface area contributed by atoms with Gasteiger partial charge in [0.1, 0.15) is 16.4 Å². The van der Waals surface area contributed by atoms with Crippen molar-refractivity contribution in [3.8, 4) is 11.5 Å². The van der Waals surface area contributed by atoms with E-state index in [-0.39, 0.29) is 16.5 Å². The van der Waals surface area contributed by atoms with Crippen LogP contribution in [0.15, 0.2) is 71.2 Å². The molecule has 0 spiro atoms. The van der Waals surface area contributed by atoms with E-state index in [1.807, 2.05) is 0 Å². The van der Waals surface area contributed by atoms with Gasteiger partial charge in [-0.05, 0) is 60.2 Å². The number of oxazole rings is 1. The molecule has 1 amide bonds. The van der Waals surface area contributed by atoms with Crippen LogP contribution in [0.3, 0.4) is 0 Å². The van der Waals surface area contributed by atoms with Crippen molar-refractivity contribution in [1.82, 2.24) is 4.98 Å². The van der Waals surface area contributed by atoms with Crippen molar-refractivity contribution in [2.75, 3.05) is 5.32 Å². The third kappa shape index (κ3) is 4.59. The van der Waals surface area contributed by atoms with E-state index in [0.717, 1.165) is 0 Å². The number of rotatable bonds is 5. The highest BCUT2D eigenvalue weighted by molar-refractivity contribution is 6.32. The molecule has 1 N–H and O–H groups in total. The molecule has 154 valence electrons. The number of halogens is 2. The Labute approximate surface area is 179 Å². The first-order chi connectivity index (χ1) is 14.9. The molecule has 0 aliphatic carbocycles. The number of aromatic nitrogens is 1. The van der Waals surface area contributed by atoms with Crippen molar-refractivity contribution < 1.29 is 18.5 Å². The molecule has 31 heavy (non-hydrogen) atoms. The van der Waals surface area contributed by atoms with Crippen LogP contribution in [-0.2, 0) is 4.79 Å². The summed E-state index contributed by atoms with van der Waals surface area (Å²) >= 11 is 5.78. The number of carbonyl (C=O) groups is 1. The molecule has 1 aromatic heterocycles. The van der Waals surface area contributed by atoms with Crippen molar-refractivity contribution >= 4 is 46.1 Å².